The highest BCUT2D eigenvalue weighted by Gasteiger charge is 2.61. The predicted octanol–water partition coefficient (Wildman–Crippen LogP) is 6.75. The van der Waals surface area contributed by atoms with Crippen LogP contribution in [0.25, 0.3) is 6.08 Å². The summed E-state index contributed by atoms with van der Waals surface area (Å²) in [6.45, 7) is 4.83. The van der Waals surface area contributed by atoms with Crippen molar-refractivity contribution in [3.8, 4) is 0 Å². The van der Waals surface area contributed by atoms with Crippen LogP contribution in [0.5, 0.6) is 0 Å². The van der Waals surface area contributed by atoms with Crippen molar-refractivity contribution in [1.29, 1.82) is 0 Å². The first-order valence-corrected chi connectivity index (χ1v) is 12.5. The summed E-state index contributed by atoms with van der Waals surface area (Å²) < 4.78 is 0. The van der Waals surface area contributed by atoms with E-state index < -0.39 is 6.10 Å². The first-order chi connectivity index (χ1) is 14.2. The van der Waals surface area contributed by atoms with E-state index in [2.05, 4.69) is 19.9 Å². The Hall–Kier alpha value is -0.540. The molecule has 0 radical (unpaired) electrons. The molecule has 8 unspecified atom stereocenters. The van der Waals surface area contributed by atoms with Crippen LogP contribution in [0.3, 0.4) is 0 Å². The van der Waals surface area contributed by atoms with E-state index in [0.29, 0.717) is 33.2 Å². The Balaban J connectivity index is 1.46. The monoisotopic (exact) mass is 448 g/mol. The molecule has 4 fully saturated rings. The van der Waals surface area contributed by atoms with Crippen molar-refractivity contribution in [2.24, 2.45) is 34.5 Å². The van der Waals surface area contributed by atoms with Crippen LogP contribution in [0.1, 0.15) is 70.8 Å². The molecule has 4 heteroatoms. The van der Waals surface area contributed by atoms with Gasteiger partial charge in [0.2, 0.25) is 0 Å². The molecule has 30 heavy (non-hydrogen) atoms. The van der Waals surface area contributed by atoms with Crippen LogP contribution in [-0.2, 0) is 0 Å². The van der Waals surface area contributed by atoms with Crippen LogP contribution in [0, 0.1) is 34.5 Å². The van der Waals surface area contributed by atoms with E-state index >= 15 is 0 Å². The highest BCUT2D eigenvalue weighted by atomic mass is 35.5. The van der Waals surface area contributed by atoms with Crippen molar-refractivity contribution in [3.63, 3.8) is 0 Å². The quantitative estimate of drug-likeness (QED) is 0.498. The zero-order valence-electron chi connectivity index (χ0n) is 18.1. The average Bonchev–Trinajstić information content (AvgIpc) is 2.97. The number of rotatable bonds is 1. The molecule has 4 saturated carbocycles. The minimum Gasteiger partial charge on any atom is -0.393 e. The van der Waals surface area contributed by atoms with Gasteiger partial charge in [-0.2, -0.15) is 0 Å². The van der Waals surface area contributed by atoms with Gasteiger partial charge in [-0.1, -0.05) is 55.3 Å². The highest BCUT2D eigenvalue weighted by Crippen LogP contribution is 2.67. The van der Waals surface area contributed by atoms with E-state index in [1.54, 1.807) is 0 Å². The third-order valence-corrected chi connectivity index (χ3v) is 10.7. The topological polar surface area (TPSA) is 40.5 Å². The Morgan fingerprint density at radius 3 is 2.53 bits per heavy atom. The van der Waals surface area contributed by atoms with Crippen molar-refractivity contribution < 1.29 is 10.2 Å². The molecular formula is C26H34Cl2O2. The Labute approximate surface area is 190 Å². The molecule has 0 bridgehead atoms. The van der Waals surface area contributed by atoms with Gasteiger partial charge in [-0.25, -0.2) is 0 Å². The summed E-state index contributed by atoms with van der Waals surface area (Å²) in [5.41, 5.74) is 2.35. The average molecular weight is 449 g/mol. The molecule has 0 aromatic heterocycles. The lowest BCUT2D eigenvalue weighted by molar-refractivity contribution is -0.133. The minimum absolute atomic E-state index is 0.0462. The minimum atomic E-state index is -0.405. The lowest BCUT2D eigenvalue weighted by Gasteiger charge is -2.60. The molecule has 0 amide bonds. The Morgan fingerprint density at radius 1 is 0.967 bits per heavy atom. The van der Waals surface area contributed by atoms with E-state index in [9.17, 15) is 10.2 Å². The molecule has 164 valence electrons. The lowest BCUT2D eigenvalue weighted by atomic mass is 9.45. The Morgan fingerprint density at radius 2 is 1.73 bits per heavy atom. The van der Waals surface area contributed by atoms with E-state index in [1.165, 1.54) is 19.3 Å². The predicted molar refractivity (Wildman–Crippen MR) is 124 cm³/mol. The fraction of sp³-hybridized carbons (Fsp3) is 0.692. The summed E-state index contributed by atoms with van der Waals surface area (Å²) in [6, 6.07) is 5.72. The second-order valence-corrected chi connectivity index (χ2v) is 11.9. The van der Waals surface area contributed by atoms with Gasteiger partial charge in [-0.05, 0) is 97.7 Å². The summed E-state index contributed by atoms with van der Waals surface area (Å²) in [4.78, 5) is 0. The van der Waals surface area contributed by atoms with Crippen molar-refractivity contribution >= 4 is 29.3 Å². The van der Waals surface area contributed by atoms with Crippen molar-refractivity contribution in [1.82, 2.24) is 0 Å². The van der Waals surface area contributed by atoms with Crippen LogP contribution < -0.4 is 0 Å². The molecular weight excluding hydrogens is 415 g/mol. The molecule has 2 nitrogen and oxygen atoms in total. The van der Waals surface area contributed by atoms with Crippen LogP contribution in [0.2, 0.25) is 10.0 Å². The van der Waals surface area contributed by atoms with E-state index in [0.717, 1.165) is 49.2 Å². The largest absolute Gasteiger partial charge is 0.393 e. The summed E-state index contributed by atoms with van der Waals surface area (Å²) in [5, 5.41) is 22.8. The molecule has 1 aromatic carbocycles. The van der Waals surface area contributed by atoms with Crippen molar-refractivity contribution in [2.75, 3.05) is 0 Å². The first-order valence-electron chi connectivity index (χ1n) is 11.7. The van der Waals surface area contributed by atoms with Crippen molar-refractivity contribution in [2.45, 2.75) is 77.4 Å². The second-order valence-electron chi connectivity index (χ2n) is 11.1. The molecule has 8 atom stereocenters. The summed E-state index contributed by atoms with van der Waals surface area (Å²) in [5.74, 6) is 2.59. The molecule has 0 aliphatic heterocycles. The number of aliphatic hydroxyl groups excluding tert-OH is 2. The van der Waals surface area contributed by atoms with Gasteiger partial charge >= 0.3 is 0 Å². The normalized spacial score (nSPS) is 46.9. The molecule has 5 rings (SSSR count). The maximum atomic E-state index is 11.4. The fourth-order valence-electron chi connectivity index (χ4n) is 8.07. The van der Waals surface area contributed by atoms with Gasteiger partial charge in [0.05, 0.1) is 22.3 Å². The Bertz CT molecular complexity index is 867. The standard InChI is InChI=1S/C26H34Cl2O2/c1-25-10-8-18(29)14-17(25)6-7-19-20(25)9-11-26(2)21(19)13-16(24(26)30)12-15-4-3-5-22(27)23(15)28/h3-5,12,17-21,24,29-30H,6-11,13-14H2,1-2H3. The number of halogens is 2. The van der Waals surface area contributed by atoms with Crippen LogP contribution in [0.4, 0.5) is 0 Å². The maximum Gasteiger partial charge on any atom is 0.0809 e. The van der Waals surface area contributed by atoms with E-state index in [-0.39, 0.29) is 11.5 Å². The molecule has 0 spiro atoms. The zero-order chi connectivity index (χ0) is 21.3. The highest BCUT2D eigenvalue weighted by molar-refractivity contribution is 6.42. The molecule has 4 aliphatic rings. The SMILES string of the molecule is CC12CCC(O)CC1CCC1C2CCC2(C)C(O)C(=Cc3cccc(Cl)c3Cl)CC12. The van der Waals surface area contributed by atoms with E-state index in [1.807, 2.05) is 18.2 Å². The van der Waals surface area contributed by atoms with Gasteiger partial charge in [0.15, 0.2) is 0 Å². The zero-order valence-corrected chi connectivity index (χ0v) is 19.6. The molecule has 2 N–H and O–H groups in total. The first kappa shape index (κ1) is 21.3. The fourth-order valence-corrected chi connectivity index (χ4v) is 8.43. The van der Waals surface area contributed by atoms with Gasteiger partial charge in [0, 0.05) is 5.41 Å². The lowest BCUT2D eigenvalue weighted by Crippen LogP contribution is -2.54. The number of aliphatic hydroxyl groups is 2. The Kier molecular flexibility index (Phi) is 5.33. The van der Waals surface area contributed by atoms with Gasteiger partial charge in [0.1, 0.15) is 0 Å². The molecule has 0 heterocycles. The summed E-state index contributed by atoms with van der Waals surface area (Å²) in [7, 11) is 0. The number of hydrogen-bond acceptors (Lipinski definition) is 2. The van der Waals surface area contributed by atoms with Gasteiger partial charge in [0.25, 0.3) is 0 Å². The number of hydrogen-bond donors (Lipinski definition) is 2. The van der Waals surface area contributed by atoms with Gasteiger partial charge in [-0.15, -0.1) is 0 Å². The molecule has 4 aliphatic carbocycles. The van der Waals surface area contributed by atoms with Crippen LogP contribution >= 0.6 is 23.2 Å². The van der Waals surface area contributed by atoms with Crippen LogP contribution in [-0.4, -0.2) is 22.4 Å². The van der Waals surface area contributed by atoms with Gasteiger partial charge < -0.3 is 10.2 Å². The summed E-state index contributed by atoms with van der Waals surface area (Å²) in [6.07, 6.45) is 10.4. The van der Waals surface area contributed by atoms with Crippen molar-refractivity contribution in [3.05, 3.63) is 39.4 Å². The number of fused-ring (bicyclic) bond motifs is 5. The molecule has 1 aromatic rings. The second kappa shape index (κ2) is 7.51. The van der Waals surface area contributed by atoms with Crippen LogP contribution in [0.15, 0.2) is 23.8 Å². The summed E-state index contributed by atoms with van der Waals surface area (Å²) >= 11 is 12.7. The third-order valence-electron chi connectivity index (χ3n) is 9.83. The smallest absolute Gasteiger partial charge is 0.0809 e. The molecule has 0 saturated heterocycles. The van der Waals surface area contributed by atoms with E-state index in [4.69, 9.17) is 23.2 Å². The van der Waals surface area contributed by atoms with Gasteiger partial charge in [-0.3, -0.25) is 0 Å². The maximum absolute atomic E-state index is 11.4. The number of benzene rings is 1. The third kappa shape index (κ3) is 3.12.